The molecule has 1 aliphatic rings. The highest BCUT2D eigenvalue weighted by atomic mass is 32.2. The molecule has 2 unspecified atom stereocenters. The first kappa shape index (κ1) is 16.3. The molecule has 1 heterocycles. The summed E-state index contributed by atoms with van der Waals surface area (Å²) in [5.74, 6) is 1.78. The number of nitrogens with one attached hydrogen (secondary N) is 1. The highest BCUT2D eigenvalue weighted by molar-refractivity contribution is 7.99. The van der Waals surface area contributed by atoms with Crippen molar-refractivity contribution >= 4 is 11.8 Å². The van der Waals surface area contributed by atoms with E-state index in [1.165, 1.54) is 5.75 Å². The van der Waals surface area contributed by atoms with E-state index in [2.05, 4.69) is 53.8 Å². The molecule has 0 aromatic heterocycles. The zero-order chi connectivity index (χ0) is 14.0. The van der Waals surface area contributed by atoms with Crippen LogP contribution in [0.1, 0.15) is 54.9 Å². The molecule has 1 fully saturated rings. The van der Waals surface area contributed by atoms with Gasteiger partial charge in [0.05, 0.1) is 11.2 Å². The number of ether oxygens (including phenoxy) is 1. The fourth-order valence-corrected chi connectivity index (χ4v) is 4.05. The molecule has 0 spiro atoms. The number of hydrogen-bond donors (Lipinski definition) is 1. The first-order chi connectivity index (χ1) is 8.18. The third kappa shape index (κ3) is 4.43. The van der Waals surface area contributed by atoms with E-state index in [1.807, 2.05) is 11.8 Å². The molecule has 108 valence electrons. The van der Waals surface area contributed by atoms with Crippen LogP contribution in [-0.4, -0.2) is 34.8 Å². The van der Waals surface area contributed by atoms with Gasteiger partial charge in [-0.05, 0) is 45.9 Å². The molecular formula is C15H31NOS. The third-order valence-electron chi connectivity index (χ3n) is 3.70. The molecule has 1 N–H and O–H groups in total. The van der Waals surface area contributed by atoms with E-state index in [1.54, 1.807) is 0 Å². The SMILES string of the molecule is CCNC(CSC(C)C)C1CC(C)(C)OC1(C)C. The molecule has 0 aromatic carbocycles. The summed E-state index contributed by atoms with van der Waals surface area (Å²) < 4.78 is 6.23. The molecule has 0 aliphatic carbocycles. The lowest BCUT2D eigenvalue weighted by atomic mass is 9.82. The van der Waals surface area contributed by atoms with Gasteiger partial charge in [-0.1, -0.05) is 20.8 Å². The summed E-state index contributed by atoms with van der Waals surface area (Å²) in [6, 6.07) is 0.555. The second-order valence-corrected chi connectivity index (χ2v) is 8.43. The van der Waals surface area contributed by atoms with E-state index in [4.69, 9.17) is 4.74 Å². The van der Waals surface area contributed by atoms with Crippen LogP contribution in [0.4, 0.5) is 0 Å². The van der Waals surface area contributed by atoms with Gasteiger partial charge in [-0.3, -0.25) is 0 Å². The van der Waals surface area contributed by atoms with E-state index >= 15 is 0 Å². The van der Waals surface area contributed by atoms with Crippen LogP contribution in [0.25, 0.3) is 0 Å². The first-order valence-electron chi connectivity index (χ1n) is 7.23. The van der Waals surface area contributed by atoms with Crippen LogP contribution in [0.2, 0.25) is 0 Å². The van der Waals surface area contributed by atoms with Crippen molar-refractivity contribution in [2.45, 2.75) is 77.4 Å². The van der Waals surface area contributed by atoms with Gasteiger partial charge in [0.1, 0.15) is 0 Å². The summed E-state index contributed by atoms with van der Waals surface area (Å²) in [7, 11) is 0. The highest BCUT2D eigenvalue weighted by Crippen LogP contribution is 2.44. The molecule has 1 rings (SSSR count). The largest absolute Gasteiger partial charge is 0.369 e. The molecular weight excluding hydrogens is 242 g/mol. The van der Waals surface area contributed by atoms with E-state index < -0.39 is 0 Å². The van der Waals surface area contributed by atoms with Crippen molar-refractivity contribution in [3.8, 4) is 0 Å². The van der Waals surface area contributed by atoms with Crippen LogP contribution in [-0.2, 0) is 4.74 Å². The average molecular weight is 273 g/mol. The second-order valence-electron chi connectivity index (χ2n) is 6.82. The molecule has 1 saturated heterocycles. The van der Waals surface area contributed by atoms with E-state index in [9.17, 15) is 0 Å². The fraction of sp³-hybridized carbons (Fsp3) is 1.00. The van der Waals surface area contributed by atoms with Crippen LogP contribution < -0.4 is 5.32 Å². The maximum absolute atomic E-state index is 6.23. The summed E-state index contributed by atoms with van der Waals surface area (Å²) in [6.07, 6.45) is 1.15. The maximum Gasteiger partial charge on any atom is 0.0678 e. The molecule has 18 heavy (non-hydrogen) atoms. The monoisotopic (exact) mass is 273 g/mol. The Morgan fingerprint density at radius 3 is 2.28 bits per heavy atom. The van der Waals surface area contributed by atoms with Gasteiger partial charge in [0, 0.05) is 17.7 Å². The predicted molar refractivity (Wildman–Crippen MR) is 82.4 cm³/mol. The van der Waals surface area contributed by atoms with Gasteiger partial charge in [0.2, 0.25) is 0 Å². The Hall–Kier alpha value is 0.270. The van der Waals surface area contributed by atoms with E-state index in [0.29, 0.717) is 17.2 Å². The first-order valence-corrected chi connectivity index (χ1v) is 8.28. The molecule has 0 aromatic rings. The quantitative estimate of drug-likeness (QED) is 0.797. The maximum atomic E-state index is 6.23. The summed E-state index contributed by atoms with van der Waals surface area (Å²) in [5.41, 5.74) is -0.00177. The van der Waals surface area contributed by atoms with Crippen molar-refractivity contribution in [3.05, 3.63) is 0 Å². The zero-order valence-corrected chi connectivity index (χ0v) is 14.0. The highest BCUT2D eigenvalue weighted by Gasteiger charge is 2.48. The van der Waals surface area contributed by atoms with Crippen molar-refractivity contribution in [2.75, 3.05) is 12.3 Å². The van der Waals surface area contributed by atoms with Crippen molar-refractivity contribution in [1.29, 1.82) is 0 Å². The van der Waals surface area contributed by atoms with Crippen LogP contribution >= 0.6 is 11.8 Å². The summed E-state index contributed by atoms with van der Waals surface area (Å²) in [6.45, 7) is 16.7. The normalized spacial score (nSPS) is 27.7. The summed E-state index contributed by atoms with van der Waals surface area (Å²) in [5, 5.41) is 4.37. The Kier molecular flexibility index (Phi) is 5.58. The Morgan fingerprint density at radius 2 is 1.89 bits per heavy atom. The van der Waals surface area contributed by atoms with Gasteiger partial charge in [0.15, 0.2) is 0 Å². The van der Waals surface area contributed by atoms with Crippen molar-refractivity contribution in [1.82, 2.24) is 5.32 Å². The lowest BCUT2D eigenvalue weighted by Crippen LogP contribution is -2.46. The van der Waals surface area contributed by atoms with Crippen molar-refractivity contribution in [3.63, 3.8) is 0 Å². The van der Waals surface area contributed by atoms with Crippen LogP contribution in [0, 0.1) is 5.92 Å². The smallest absolute Gasteiger partial charge is 0.0678 e. The number of hydrogen-bond acceptors (Lipinski definition) is 3. The molecule has 0 bridgehead atoms. The van der Waals surface area contributed by atoms with Gasteiger partial charge in [-0.25, -0.2) is 0 Å². The summed E-state index contributed by atoms with van der Waals surface area (Å²) in [4.78, 5) is 0. The summed E-state index contributed by atoms with van der Waals surface area (Å²) >= 11 is 2.05. The standard InChI is InChI=1S/C15H31NOS/c1-8-16-13(10-18-11(2)3)12-9-14(4,5)17-15(12,6)7/h11-13,16H,8-10H2,1-7H3. The van der Waals surface area contributed by atoms with Crippen LogP contribution in [0.15, 0.2) is 0 Å². The number of rotatable bonds is 6. The topological polar surface area (TPSA) is 21.3 Å². The van der Waals surface area contributed by atoms with Gasteiger partial charge >= 0.3 is 0 Å². The molecule has 1 aliphatic heterocycles. The third-order valence-corrected chi connectivity index (χ3v) is 4.92. The van der Waals surface area contributed by atoms with E-state index in [0.717, 1.165) is 13.0 Å². The van der Waals surface area contributed by atoms with Crippen molar-refractivity contribution in [2.24, 2.45) is 5.92 Å². The predicted octanol–water partition coefficient (Wildman–Crippen LogP) is 3.70. The minimum absolute atomic E-state index is 0.0182. The molecule has 0 radical (unpaired) electrons. The van der Waals surface area contributed by atoms with Gasteiger partial charge in [-0.15, -0.1) is 0 Å². The Bertz CT molecular complexity index is 263. The molecule has 0 saturated carbocycles. The van der Waals surface area contributed by atoms with Gasteiger partial charge in [-0.2, -0.15) is 11.8 Å². The Labute approximate surface area is 118 Å². The minimum Gasteiger partial charge on any atom is -0.369 e. The van der Waals surface area contributed by atoms with Gasteiger partial charge < -0.3 is 10.1 Å². The van der Waals surface area contributed by atoms with Gasteiger partial charge in [0.25, 0.3) is 0 Å². The molecule has 0 amide bonds. The average Bonchev–Trinajstić information content (AvgIpc) is 2.41. The fourth-order valence-electron chi connectivity index (χ4n) is 3.11. The Balaban J connectivity index is 2.72. The zero-order valence-electron chi connectivity index (χ0n) is 13.2. The molecule has 2 nitrogen and oxygen atoms in total. The minimum atomic E-state index is -0.0200. The van der Waals surface area contributed by atoms with Crippen LogP contribution in [0.5, 0.6) is 0 Å². The second kappa shape index (κ2) is 6.15. The van der Waals surface area contributed by atoms with Crippen LogP contribution in [0.3, 0.4) is 0 Å². The van der Waals surface area contributed by atoms with E-state index in [-0.39, 0.29) is 11.2 Å². The lowest BCUT2D eigenvalue weighted by molar-refractivity contribution is -0.0769. The number of thioether (sulfide) groups is 1. The lowest BCUT2D eigenvalue weighted by Gasteiger charge is -2.33. The molecule has 2 atom stereocenters. The molecule has 3 heteroatoms. The van der Waals surface area contributed by atoms with Crippen molar-refractivity contribution < 1.29 is 4.74 Å². The Morgan fingerprint density at radius 1 is 1.28 bits per heavy atom.